The van der Waals surface area contributed by atoms with Crippen molar-refractivity contribution in [1.29, 1.82) is 0 Å². The Hall–Kier alpha value is -2.25. The van der Waals surface area contributed by atoms with Crippen LogP contribution in [-0.2, 0) is 21.4 Å². The molecule has 0 atom stereocenters. The number of benzene rings is 2. The van der Waals surface area contributed by atoms with Crippen LogP contribution in [0.3, 0.4) is 0 Å². The molecule has 2 aromatic rings. The molecule has 0 heterocycles. The fourth-order valence-electron chi connectivity index (χ4n) is 2.91. The number of sulfonamides is 1. The first-order chi connectivity index (χ1) is 12.7. The Morgan fingerprint density at radius 1 is 1.04 bits per heavy atom. The van der Waals surface area contributed by atoms with E-state index in [4.69, 9.17) is 4.74 Å². The molecule has 2 rings (SSSR count). The Morgan fingerprint density at radius 3 is 2.19 bits per heavy atom. The molecule has 0 N–H and O–H groups in total. The third kappa shape index (κ3) is 4.93. The van der Waals surface area contributed by atoms with E-state index < -0.39 is 27.4 Å². The number of rotatable bonds is 7. The highest BCUT2D eigenvalue weighted by Gasteiger charge is 2.24. The topological polar surface area (TPSA) is 63.7 Å². The fraction of sp³-hybridized carbons (Fsp3) is 0.350. The van der Waals surface area contributed by atoms with Crippen LogP contribution in [0, 0.1) is 19.7 Å². The zero-order valence-electron chi connectivity index (χ0n) is 16.0. The van der Waals surface area contributed by atoms with E-state index in [2.05, 4.69) is 0 Å². The molecule has 7 heteroatoms. The van der Waals surface area contributed by atoms with Crippen LogP contribution in [-0.4, -0.2) is 31.8 Å². The molecule has 0 aliphatic rings. The SMILES string of the molecule is CCN(CC)S(=O)(=O)c1ccc(F)c(C(=O)OCc2cc(C)cc(C)c2)c1. The summed E-state index contributed by atoms with van der Waals surface area (Å²) in [7, 11) is -3.79. The molecule has 0 amide bonds. The highest BCUT2D eigenvalue weighted by Crippen LogP contribution is 2.20. The van der Waals surface area contributed by atoms with E-state index in [9.17, 15) is 17.6 Å². The van der Waals surface area contributed by atoms with Crippen LogP contribution >= 0.6 is 0 Å². The molecule has 2 aromatic carbocycles. The van der Waals surface area contributed by atoms with Gasteiger partial charge in [0.1, 0.15) is 12.4 Å². The molecular weight excluding hydrogens is 369 g/mol. The summed E-state index contributed by atoms with van der Waals surface area (Å²) < 4.78 is 45.7. The first kappa shape index (κ1) is 21.1. The predicted molar refractivity (Wildman–Crippen MR) is 102 cm³/mol. The van der Waals surface area contributed by atoms with Crippen LogP contribution in [0.4, 0.5) is 4.39 Å². The molecule has 0 spiro atoms. The Balaban J connectivity index is 2.26. The minimum absolute atomic E-state index is 0.0200. The second-order valence-electron chi connectivity index (χ2n) is 6.30. The first-order valence-electron chi connectivity index (χ1n) is 8.73. The average molecular weight is 393 g/mol. The van der Waals surface area contributed by atoms with Gasteiger partial charge in [0.05, 0.1) is 10.5 Å². The summed E-state index contributed by atoms with van der Waals surface area (Å²) in [6, 6.07) is 8.91. The summed E-state index contributed by atoms with van der Waals surface area (Å²) in [4.78, 5) is 12.2. The third-order valence-corrected chi connectivity index (χ3v) is 6.20. The van der Waals surface area contributed by atoms with Gasteiger partial charge >= 0.3 is 5.97 Å². The molecule has 146 valence electrons. The minimum atomic E-state index is -3.79. The van der Waals surface area contributed by atoms with Crippen LogP contribution in [0.5, 0.6) is 0 Å². The maximum absolute atomic E-state index is 14.1. The van der Waals surface area contributed by atoms with E-state index in [0.717, 1.165) is 34.9 Å². The summed E-state index contributed by atoms with van der Waals surface area (Å²) in [5.41, 5.74) is 2.44. The quantitative estimate of drug-likeness (QED) is 0.671. The van der Waals surface area contributed by atoms with Gasteiger partial charge in [-0.1, -0.05) is 43.2 Å². The van der Waals surface area contributed by atoms with Gasteiger partial charge in [0, 0.05) is 13.1 Å². The lowest BCUT2D eigenvalue weighted by Gasteiger charge is -2.18. The number of esters is 1. The second kappa shape index (κ2) is 8.63. The zero-order chi connectivity index (χ0) is 20.2. The molecule has 27 heavy (non-hydrogen) atoms. The molecule has 0 bridgehead atoms. The van der Waals surface area contributed by atoms with Crippen molar-refractivity contribution in [2.24, 2.45) is 0 Å². The molecule has 5 nitrogen and oxygen atoms in total. The van der Waals surface area contributed by atoms with Crippen molar-refractivity contribution in [2.75, 3.05) is 13.1 Å². The molecule has 0 saturated heterocycles. The van der Waals surface area contributed by atoms with Crippen LogP contribution in [0.1, 0.15) is 40.9 Å². The number of ether oxygens (including phenoxy) is 1. The van der Waals surface area contributed by atoms with Crippen LogP contribution in [0.15, 0.2) is 41.3 Å². The van der Waals surface area contributed by atoms with Crippen molar-refractivity contribution in [3.05, 3.63) is 64.5 Å². The Labute approximate surface area is 159 Å². The maximum Gasteiger partial charge on any atom is 0.341 e. The number of hydrogen-bond donors (Lipinski definition) is 0. The summed E-state index contributed by atoms with van der Waals surface area (Å²) in [5, 5.41) is 0. The molecule has 0 aromatic heterocycles. The highest BCUT2D eigenvalue weighted by molar-refractivity contribution is 7.89. The monoisotopic (exact) mass is 393 g/mol. The summed E-state index contributed by atoms with van der Waals surface area (Å²) in [6.45, 7) is 7.82. The van der Waals surface area contributed by atoms with E-state index in [1.54, 1.807) is 13.8 Å². The predicted octanol–water partition coefficient (Wildman–Crippen LogP) is 3.83. The number of nitrogens with zero attached hydrogens (tertiary/aromatic N) is 1. The van der Waals surface area contributed by atoms with Gasteiger partial charge in [0.25, 0.3) is 0 Å². The van der Waals surface area contributed by atoms with Gasteiger partial charge in [-0.15, -0.1) is 0 Å². The molecule has 0 aliphatic carbocycles. The Morgan fingerprint density at radius 2 is 1.63 bits per heavy atom. The van der Waals surface area contributed by atoms with E-state index in [1.807, 2.05) is 32.0 Å². The van der Waals surface area contributed by atoms with E-state index >= 15 is 0 Å². The van der Waals surface area contributed by atoms with Gasteiger partial charge in [0.2, 0.25) is 10.0 Å². The van der Waals surface area contributed by atoms with Crippen LogP contribution in [0.2, 0.25) is 0 Å². The number of hydrogen-bond acceptors (Lipinski definition) is 4. The van der Waals surface area contributed by atoms with Crippen molar-refractivity contribution < 1.29 is 22.3 Å². The lowest BCUT2D eigenvalue weighted by Crippen LogP contribution is -2.30. The van der Waals surface area contributed by atoms with Crippen molar-refractivity contribution >= 4 is 16.0 Å². The normalized spacial score (nSPS) is 11.6. The Kier molecular flexibility index (Phi) is 6.73. The lowest BCUT2D eigenvalue weighted by atomic mass is 10.1. The number of carbonyl (C=O) groups excluding carboxylic acids is 1. The number of halogens is 1. The van der Waals surface area contributed by atoms with Gasteiger partial charge in [-0.25, -0.2) is 17.6 Å². The van der Waals surface area contributed by atoms with Gasteiger partial charge in [0.15, 0.2) is 0 Å². The van der Waals surface area contributed by atoms with Gasteiger partial charge in [-0.05, 0) is 37.6 Å². The number of aryl methyl sites for hydroxylation is 2. The van der Waals surface area contributed by atoms with Gasteiger partial charge < -0.3 is 4.74 Å². The van der Waals surface area contributed by atoms with Crippen LogP contribution in [0.25, 0.3) is 0 Å². The van der Waals surface area contributed by atoms with E-state index in [0.29, 0.717) is 0 Å². The second-order valence-corrected chi connectivity index (χ2v) is 8.24. The van der Waals surface area contributed by atoms with Crippen molar-refractivity contribution in [3.8, 4) is 0 Å². The van der Waals surface area contributed by atoms with Gasteiger partial charge in [-0.3, -0.25) is 0 Å². The Bertz CT molecular complexity index is 917. The lowest BCUT2D eigenvalue weighted by molar-refractivity contribution is 0.0467. The summed E-state index contributed by atoms with van der Waals surface area (Å²) in [5.74, 6) is -1.72. The molecule has 0 saturated carbocycles. The average Bonchev–Trinajstić information content (AvgIpc) is 2.60. The standard InChI is InChI=1S/C20H24FNO4S/c1-5-22(6-2)27(24,25)17-7-8-19(21)18(12-17)20(23)26-13-16-10-14(3)9-15(4)11-16/h7-12H,5-6,13H2,1-4H3. The van der Waals surface area contributed by atoms with E-state index in [-0.39, 0.29) is 24.6 Å². The largest absolute Gasteiger partial charge is 0.457 e. The van der Waals surface area contributed by atoms with Crippen molar-refractivity contribution in [2.45, 2.75) is 39.2 Å². The van der Waals surface area contributed by atoms with Gasteiger partial charge in [-0.2, -0.15) is 4.31 Å². The van der Waals surface area contributed by atoms with Crippen LogP contribution < -0.4 is 0 Å². The van der Waals surface area contributed by atoms with Crippen molar-refractivity contribution in [3.63, 3.8) is 0 Å². The van der Waals surface area contributed by atoms with E-state index in [1.165, 1.54) is 4.31 Å². The van der Waals surface area contributed by atoms with Crippen molar-refractivity contribution in [1.82, 2.24) is 4.31 Å². The summed E-state index contributed by atoms with van der Waals surface area (Å²) >= 11 is 0. The maximum atomic E-state index is 14.1. The first-order valence-corrected chi connectivity index (χ1v) is 10.2. The smallest absolute Gasteiger partial charge is 0.341 e. The highest BCUT2D eigenvalue weighted by atomic mass is 32.2. The molecule has 0 aliphatic heterocycles. The molecule has 0 fully saturated rings. The number of carbonyl (C=O) groups is 1. The zero-order valence-corrected chi connectivity index (χ0v) is 16.8. The molecular formula is C20H24FNO4S. The molecule has 0 radical (unpaired) electrons. The third-order valence-electron chi connectivity index (χ3n) is 4.15. The fourth-order valence-corrected chi connectivity index (χ4v) is 4.40. The summed E-state index contributed by atoms with van der Waals surface area (Å²) in [6.07, 6.45) is 0. The minimum Gasteiger partial charge on any atom is -0.457 e. The molecule has 0 unspecified atom stereocenters.